The number of nitrogens with one attached hydrogen (secondary N) is 4. The Morgan fingerprint density at radius 3 is 2.00 bits per heavy atom. The molecule has 0 aliphatic rings. The molecule has 16 nitrogen and oxygen atoms in total. The van der Waals surface area contributed by atoms with Crippen LogP contribution in [0.25, 0.3) is 10.9 Å². The summed E-state index contributed by atoms with van der Waals surface area (Å²) in [5, 5.41) is 34.2. The second-order valence-electron chi connectivity index (χ2n) is 8.89. The van der Waals surface area contributed by atoms with Crippen molar-refractivity contribution in [3.63, 3.8) is 0 Å². The molecule has 0 aliphatic heterocycles. The minimum absolute atomic E-state index is 0.0601. The largest absolute Gasteiger partial charge is 0.481 e. The molecular formula is C24H30N6O10. The maximum atomic E-state index is 13.0. The number of hydrogen-bond acceptors (Lipinski definition) is 8. The molecule has 4 unspecified atom stereocenters. The lowest BCUT2D eigenvalue weighted by molar-refractivity contribution is -0.147. The predicted molar refractivity (Wildman–Crippen MR) is 136 cm³/mol. The van der Waals surface area contributed by atoms with Crippen LogP contribution in [0.15, 0.2) is 30.5 Å². The maximum Gasteiger partial charge on any atom is 0.326 e. The highest BCUT2D eigenvalue weighted by Gasteiger charge is 2.32. The molecule has 216 valence electrons. The summed E-state index contributed by atoms with van der Waals surface area (Å²) in [5.74, 6) is -8.69. The third-order valence-corrected chi connectivity index (χ3v) is 5.76. The smallest absolute Gasteiger partial charge is 0.326 e. The second-order valence-corrected chi connectivity index (χ2v) is 8.89. The molecule has 4 amide bonds. The zero-order valence-electron chi connectivity index (χ0n) is 21.1. The van der Waals surface area contributed by atoms with Crippen LogP contribution >= 0.6 is 0 Å². The number of carbonyl (C=O) groups is 7. The number of carbonyl (C=O) groups excluding carboxylic acids is 4. The lowest BCUT2D eigenvalue weighted by atomic mass is 10.0. The Labute approximate surface area is 226 Å². The highest BCUT2D eigenvalue weighted by molar-refractivity contribution is 5.97. The van der Waals surface area contributed by atoms with Crippen molar-refractivity contribution in [1.29, 1.82) is 0 Å². The summed E-state index contributed by atoms with van der Waals surface area (Å²) in [6.07, 6.45) is -1.13. The lowest BCUT2D eigenvalue weighted by Gasteiger charge is -2.24. The van der Waals surface area contributed by atoms with E-state index in [1.807, 2.05) is 23.5 Å². The predicted octanol–water partition coefficient (Wildman–Crippen LogP) is -2.21. The summed E-state index contributed by atoms with van der Waals surface area (Å²) in [6, 6.07) is 0.951. The van der Waals surface area contributed by atoms with E-state index in [2.05, 4.69) is 15.6 Å². The Kier molecular flexibility index (Phi) is 11.1. The van der Waals surface area contributed by atoms with E-state index >= 15 is 0 Å². The number of amides is 4. The summed E-state index contributed by atoms with van der Waals surface area (Å²) in [6.45, 7) is 0. The average molecular weight is 563 g/mol. The van der Waals surface area contributed by atoms with Crippen molar-refractivity contribution >= 4 is 52.4 Å². The first-order valence-electron chi connectivity index (χ1n) is 11.9. The summed E-state index contributed by atoms with van der Waals surface area (Å²) in [4.78, 5) is 86.4. The molecular weight excluding hydrogens is 532 g/mol. The van der Waals surface area contributed by atoms with Gasteiger partial charge < -0.3 is 47.7 Å². The van der Waals surface area contributed by atoms with E-state index in [9.17, 15) is 33.6 Å². The number of rotatable bonds is 16. The van der Waals surface area contributed by atoms with Crippen LogP contribution in [-0.4, -0.2) is 86.0 Å². The van der Waals surface area contributed by atoms with Crippen molar-refractivity contribution in [3.8, 4) is 0 Å². The normalized spacial score (nSPS) is 13.8. The number of aromatic amines is 1. The minimum atomic E-state index is -1.88. The van der Waals surface area contributed by atoms with Crippen LogP contribution < -0.4 is 27.4 Å². The Bertz CT molecular complexity index is 1290. The van der Waals surface area contributed by atoms with Crippen LogP contribution in [0.2, 0.25) is 0 Å². The van der Waals surface area contributed by atoms with Gasteiger partial charge in [0.15, 0.2) is 0 Å². The molecule has 11 N–H and O–H groups in total. The highest BCUT2D eigenvalue weighted by Crippen LogP contribution is 2.18. The Morgan fingerprint density at radius 2 is 1.40 bits per heavy atom. The zero-order chi connectivity index (χ0) is 30.0. The van der Waals surface area contributed by atoms with E-state index in [1.165, 1.54) is 0 Å². The topological polar surface area (TPSA) is 284 Å². The third-order valence-electron chi connectivity index (χ3n) is 5.76. The van der Waals surface area contributed by atoms with Crippen molar-refractivity contribution < 1.29 is 48.9 Å². The van der Waals surface area contributed by atoms with Gasteiger partial charge >= 0.3 is 17.9 Å². The summed E-state index contributed by atoms with van der Waals surface area (Å²) in [7, 11) is 0. The summed E-state index contributed by atoms with van der Waals surface area (Å²) in [5.41, 5.74) is 12.8. The van der Waals surface area contributed by atoms with E-state index in [0.717, 1.165) is 10.9 Å². The quantitative estimate of drug-likeness (QED) is 0.106. The second kappa shape index (κ2) is 14.2. The molecule has 0 fully saturated rings. The molecule has 0 radical (unpaired) electrons. The molecule has 0 bridgehead atoms. The van der Waals surface area contributed by atoms with E-state index in [-0.39, 0.29) is 6.42 Å². The van der Waals surface area contributed by atoms with Gasteiger partial charge in [0, 0.05) is 23.5 Å². The van der Waals surface area contributed by atoms with E-state index in [4.69, 9.17) is 26.8 Å². The van der Waals surface area contributed by atoms with Gasteiger partial charge in [-0.15, -0.1) is 0 Å². The maximum absolute atomic E-state index is 13.0. The molecule has 40 heavy (non-hydrogen) atoms. The van der Waals surface area contributed by atoms with Gasteiger partial charge in [-0.05, 0) is 24.5 Å². The number of aromatic nitrogens is 1. The van der Waals surface area contributed by atoms with Gasteiger partial charge in [0.2, 0.25) is 23.6 Å². The first-order chi connectivity index (χ1) is 18.8. The van der Waals surface area contributed by atoms with Crippen molar-refractivity contribution in [2.24, 2.45) is 11.5 Å². The lowest BCUT2D eigenvalue weighted by Crippen LogP contribution is -2.58. The Balaban J connectivity index is 2.16. The molecule has 4 atom stereocenters. The standard InChI is InChI=1S/C24H30N6O10/c25-13(7-11-10-27-14-4-2-1-3-12(11)14)21(36)29-16(8-18(26)31)23(38)28-15(5-6-19(32)33)22(37)30-17(24(39)40)9-20(34)35/h1-4,10,13,15-17,27H,5-9,25H2,(H2,26,31)(H,28,38)(H,29,36)(H,30,37)(H,32,33)(H,34,35)(H,39,40). The Hall–Kier alpha value is -4.99. The van der Waals surface area contributed by atoms with Crippen molar-refractivity contribution in [3.05, 3.63) is 36.0 Å². The van der Waals surface area contributed by atoms with Gasteiger partial charge in [-0.25, -0.2) is 4.79 Å². The van der Waals surface area contributed by atoms with Gasteiger partial charge in [0.05, 0.1) is 18.9 Å². The number of carboxylic acids is 3. The molecule has 0 aliphatic carbocycles. The first kappa shape index (κ1) is 31.2. The number of para-hydroxylation sites is 1. The summed E-state index contributed by atoms with van der Waals surface area (Å²) >= 11 is 0. The molecule has 2 aromatic rings. The minimum Gasteiger partial charge on any atom is -0.481 e. The first-order valence-corrected chi connectivity index (χ1v) is 11.9. The molecule has 1 aromatic heterocycles. The van der Waals surface area contributed by atoms with Crippen LogP contribution in [0, 0.1) is 0 Å². The number of hydrogen-bond donors (Lipinski definition) is 9. The number of fused-ring (bicyclic) bond motifs is 1. The van der Waals surface area contributed by atoms with Crippen molar-refractivity contribution in [1.82, 2.24) is 20.9 Å². The van der Waals surface area contributed by atoms with Crippen LogP contribution in [0.4, 0.5) is 0 Å². The molecule has 1 heterocycles. The van der Waals surface area contributed by atoms with Gasteiger partial charge in [0.25, 0.3) is 0 Å². The van der Waals surface area contributed by atoms with Crippen LogP contribution in [0.3, 0.4) is 0 Å². The fourth-order valence-corrected chi connectivity index (χ4v) is 3.78. The fraction of sp³-hybridized carbons (Fsp3) is 0.375. The summed E-state index contributed by atoms with van der Waals surface area (Å²) < 4.78 is 0. The van der Waals surface area contributed by atoms with Crippen molar-refractivity contribution in [2.45, 2.75) is 56.3 Å². The molecule has 0 saturated heterocycles. The SMILES string of the molecule is NC(=O)CC(NC(=O)C(N)Cc1c[nH]c2ccccc12)C(=O)NC(CCC(=O)O)C(=O)NC(CC(=O)O)C(=O)O. The van der Waals surface area contributed by atoms with Crippen molar-refractivity contribution in [2.75, 3.05) is 0 Å². The Morgan fingerprint density at radius 1 is 0.800 bits per heavy atom. The van der Waals surface area contributed by atoms with E-state index < -0.39 is 91.4 Å². The third kappa shape index (κ3) is 9.39. The fourth-order valence-electron chi connectivity index (χ4n) is 3.78. The van der Waals surface area contributed by atoms with Crippen LogP contribution in [-0.2, 0) is 40.0 Å². The molecule has 0 saturated carbocycles. The number of aliphatic carboxylic acids is 3. The number of benzene rings is 1. The number of nitrogens with two attached hydrogens (primary N) is 2. The highest BCUT2D eigenvalue weighted by atomic mass is 16.4. The average Bonchev–Trinajstić information content (AvgIpc) is 3.27. The van der Waals surface area contributed by atoms with Gasteiger partial charge in [-0.3, -0.25) is 28.8 Å². The number of primary amides is 1. The molecule has 0 spiro atoms. The molecule has 2 rings (SSSR count). The molecule has 16 heteroatoms. The van der Waals surface area contributed by atoms with Crippen LogP contribution in [0.5, 0.6) is 0 Å². The van der Waals surface area contributed by atoms with E-state index in [0.29, 0.717) is 5.56 Å². The molecule has 1 aromatic carbocycles. The monoisotopic (exact) mass is 562 g/mol. The van der Waals surface area contributed by atoms with Crippen LogP contribution in [0.1, 0.15) is 31.2 Å². The van der Waals surface area contributed by atoms with E-state index in [1.54, 1.807) is 12.3 Å². The van der Waals surface area contributed by atoms with Gasteiger partial charge in [-0.1, -0.05) is 18.2 Å². The zero-order valence-corrected chi connectivity index (χ0v) is 21.1. The van der Waals surface area contributed by atoms with Gasteiger partial charge in [0.1, 0.15) is 18.1 Å². The van der Waals surface area contributed by atoms with Gasteiger partial charge in [-0.2, -0.15) is 0 Å². The number of carboxylic acid groups (broad SMARTS) is 3. The number of H-pyrrole nitrogens is 1.